The van der Waals surface area contributed by atoms with Gasteiger partial charge < -0.3 is 22.1 Å². The molecule has 6 N–H and O–H groups in total. The smallest absolute Gasteiger partial charge is 0.0387 e. The van der Waals surface area contributed by atoms with Crippen LogP contribution < -0.4 is 22.1 Å². The normalized spacial score (nSPS) is 11.6. The number of nitrogens with one attached hydrogen (secondary N) is 2. The van der Waals surface area contributed by atoms with Gasteiger partial charge in [0, 0.05) is 12.1 Å². The van der Waals surface area contributed by atoms with Crippen LogP contribution in [0.5, 0.6) is 0 Å². The van der Waals surface area contributed by atoms with Crippen molar-refractivity contribution >= 4 is 0 Å². The van der Waals surface area contributed by atoms with Crippen molar-refractivity contribution in [2.24, 2.45) is 11.5 Å². The fourth-order valence-corrected chi connectivity index (χ4v) is 3.36. The van der Waals surface area contributed by atoms with Gasteiger partial charge in [0.2, 0.25) is 0 Å². The molecule has 0 bridgehead atoms. The van der Waals surface area contributed by atoms with E-state index in [1.807, 2.05) is 0 Å². The van der Waals surface area contributed by atoms with Gasteiger partial charge in [0.25, 0.3) is 0 Å². The Balaban J connectivity index is 2.19. The van der Waals surface area contributed by atoms with Crippen LogP contribution in [0.1, 0.15) is 24.0 Å². The van der Waals surface area contributed by atoms with Crippen LogP contribution in [0.4, 0.5) is 0 Å². The predicted octanol–water partition coefficient (Wildman–Crippen LogP) is 2.09. The molecule has 0 aliphatic carbocycles. The molecule has 0 aliphatic heterocycles. The molecule has 142 valence electrons. The maximum absolute atomic E-state index is 5.73. The number of hydrogen-bond donors (Lipinski definition) is 4. The van der Waals surface area contributed by atoms with E-state index in [0.717, 1.165) is 51.9 Å². The Hall–Kier alpha value is -1.72. The van der Waals surface area contributed by atoms with Crippen LogP contribution in [0.3, 0.4) is 0 Å². The zero-order valence-corrected chi connectivity index (χ0v) is 15.8. The maximum Gasteiger partial charge on any atom is 0.0387 e. The largest absolute Gasteiger partial charge is 0.330 e. The third-order valence-corrected chi connectivity index (χ3v) is 4.67. The molecule has 2 aromatic carbocycles. The molecular formula is C22H34N4. The molecule has 0 spiro atoms. The van der Waals surface area contributed by atoms with Gasteiger partial charge in [-0.15, -0.1) is 0 Å². The van der Waals surface area contributed by atoms with E-state index < -0.39 is 0 Å². The van der Waals surface area contributed by atoms with Crippen molar-refractivity contribution in [2.45, 2.75) is 31.2 Å². The quantitative estimate of drug-likeness (QED) is 0.416. The van der Waals surface area contributed by atoms with Crippen molar-refractivity contribution in [1.82, 2.24) is 10.6 Å². The molecule has 0 radical (unpaired) electrons. The van der Waals surface area contributed by atoms with E-state index in [0.29, 0.717) is 6.54 Å². The average molecular weight is 355 g/mol. The van der Waals surface area contributed by atoms with Crippen molar-refractivity contribution < 1.29 is 0 Å². The van der Waals surface area contributed by atoms with Crippen LogP contribution in [0, 0.1) is 0 Å². The monoisotopic (exact) mass is 354 g/mol. The third kappa shape index (κ3) is 7.26. The van der Waals surface area contributed by atoms with E-state index in [1.54, 1.807) is 0 Å². The van der Waals surface area contributed by atoms with Gasteiger partial charge in [0.05, 0.1) is 0 Å². The maximum atomic E-state index is 5.73. The number of hydrogen-bond acceptors (Lipinski definition) is 4. The molecule has 2 aromatic rings. The molecule has 0 amide bonds. The Morgan fingerprint density at radius 1 is 0.692 bits per heavy atom. The van der Waals surface area contributed by atoms with Crippen molar-refractivity contribution in [2.75, 3.05) is 32.7 Å². The van der Waals surface area contributed by atoms with Crippen LogP contribution >= 0.6 is 0 Å². The highest BCUT2D eigenvalue weighted by Crippen LogP contribution is 2.19. The molecule has 0 atom stereocenters. The Morgan fingerprint density at radius 3 is 1.69 bits per heavy atom. The van der Waals surface area contributed by atoms with E-state index in [2.05, 4.69) is 71.3 Å². The van der Waals surface area contributed by atoms with Gasteiger partial charge in [-0.2, -0.15) is 0 Å². The number of nitrogens with two attached hydrogens (primary N) is 2. The lowest BCUT2D eigenvalue weighted by molar-refractivity contribution is 0.301. The summed E-state index contributed by atoms with van der Waals surface area (Å²) in [6.07, 6.45) is 3.93. The van der Waals surface area contributed by atoms with Gasteiger partial charge in [-0.25, -0.2) is 0 Å². The van der Waals surface area contributed by atoms with Gasteiger partial charge in [0.1, 0.15) is 0 Å². The number of benzene rings is 2. The Labute approximate surface area is 158 Å². The molecule has 0 aliphatic rings. The van der Waals surface area contributed by atoms with E-state index >= 15 is 0 Å². The van der Waals surface area contributed by atoms with Gasteiger partial charge in [0.15, 0.2) is 0 Å². The van der Waals surface area contributed by atoms with Gasteiger partial charge in [-0.3, -0.25) is 0 Å². The van der Waals surface area contributed by atoms with E-state index in [-0.39, 0.29) is 5.54 Å². The molecule has 4 nitrogen and oxygen atoms in total. The van der Waals surface area contributed by atoms with Crippen LogP contribution in [0.25, 0.3) is 0 Å². The first-order chi connectivity index (χ1) is 12.8. The molecule has 0 aromatic heterocycles. The Morgan fingerprint density at radius 2 is 1.19 bits per heavy atom. The molecule has 0 fully saturated rings. The lowest BCUT2D eigenvalue weighted by Crippen LogP contribution is -2.56. The average Bonchev–Trinajstić information content (AvgIpc) is 2.67. The van der Waals surface area contributed by atoms with Crippen LogP contribution in [0.15, 0.2) is 60.7 Å². The summed E-state index contributed by atoms with van der Waals surface area (Å²) in [5, 5.41) is 7.46. The molecular weight excluding hydrogens is 320 g/mol. The first kappa shape index (κ1) is 20.6. The lowest BCUT2D eigenvalue weighted by Gasteiger charge is -2.36. The minimum absolute atomic E-state index is 0.0491. The highest BCUT2D eigenvalue weighted by atomic mass is 15.0. The molecule has 26 heavy (non-hydrogen) atoms. The molecule has 2 rings (SSSR count). The topological polar surface area (TPSA) is 76.1 Å². The highest BCUT2D eigenvalue weighted by Gasteiger charge is 2.29. The number of rotatable bonds is 13. The second-order valence-electron chi connectivity index (χ2n) is 6.99. The molecule has 0 saturated heterocycles. The second-order valence-corrected chi connectivity index (χ2v) is 6.99. The van der Waals surface area contributed by atoms with Crippen molar-refractivity contribution in [3.05, 3.63) is 71.8 Å². The van der Waals surface area contributed by atoms with Crippen molar-refractivity contribution in [1.29, 1.82) is 0 Å². The van der Waals surface area contributed by atoms with E-state index in [1.165, 1.54) is 11.1 Å². The standard InChI is InChI=1S/C22H34N4/c23-13-7-15-25-19-22(26-16-8-14-24,17-20-9-3-1-4-10-20)18-21-11-5-2-6-12-21/h1-6,9-12,25-26H,7-8,13-19,23-24H2. The van der Waals surface area contributed by atoms with Crippen molar-refractivity contribution in [3.63, 3.8) is 0 Å². The first-order valence-electron chi connectivity index (χ1n) is 9.72. The van der Waals surface area contributed by atoms with Crippen LogP contribution in [0.2, 0.25) is 0 Å². The Bertz CT molecular complexity index is 544. The first-order valence-corrected chi connectivity index (χ1v) is 9.72. The van der Waals surface area contributed by atoms with Gasteiger partial charge in [-0.1, -0.05) is 60.7 Å². The molecule has 0 saturated carbocycles. The molecule has 4 heteroatoms. The van der Waals surface area contributed by atoms with E-state index in [9.17, 15) is 0 Å². The van der Waals surface area contributed by atoms with Gasteiger partial charge in [-0.05, 0) is 63.0 Å². The lowest BCUT2D eigenvalue weighted by atomic mass is 9.84. The highest BCUT2D eigenvalue weighted by molar-refractivity contribution is 5.23. The SMILES string of the molecule is NCCCNCC(Cc1ccccc1)(Cc1ccccc1)NCCCN. The van der Waals surface area contributed by atoms with E-state index in [4.69, 9.17) is 11.5 Å². The van der Waals surface area contributed by atoms with Gasteiger partial charge >= 0.3 is 0 Å². The predicted molar refractivity (Wildman–Crippen MR) is 111 cm³/mol. The summed E-state index contributed by atoms with van der Waals surface area (Å²) in [6, 6.07) is 21.5. The second kappa shape index (κ2) is 11.8. The minimum atomic E-state index is -0.0491. The van der Waals surface area contributed by atoms with Crippen LogP contribution in [-0.2, 0) is 12.8 Å². The zero-order valence-electron chi connectivity index (χ0n) is 15.8. The summed E-state index contributed by atoms with van der Waals surface area (Å²) in [5.41, 5.74) is 14.0. The summed E-state index contributed by atoms with van der Waals surface area (Å²) in [4.78, 5) is 0. The van der Waals surface area contributed by atoms with Crippen LogP contribution in [-0.4, -0.2) is 38.3 Å². The fraction of sp³-hybridized carbons (Fsp3) is 0.455. The summed E-state index contributed by atoms with van der Waals surface area (Å²) in [5.74, 6) is 0. The Kier molecular flexibility index (Phi) is 9.35. The summed E-state index contributed by atoms with van der Waals surface area (Å²) in [6.45, 7) is 4.20. The summed E-state index contributed by atoms with van der Waals surface area (Å²) >= 11 is 0. The molecule has 0 heterocycles. The third-order valence-electron chi connectivity index (χ3n) is 4.67. The fourth-order valence-electron chi connectivity index (χ4n) is 3.36. The van der Waals surface area contributed by atoms with Crippen molar-refractivity contribution in [3.8, 4) is 0 Å². The summed E-state index contributed by atoms with van der Waals surface area (Å²) < 4.78 is 0. The summed E-state index contributed by atoms with van der Waals surface area (Å²) in [7, 11) is 0. The zero-order chi connectivity index (χ0) is 18.5. The minimum Gasteiger partial charge on any atom is -0.330 e. The molecule has 0 unspecified atom stereocenters.